The predicted molar refractivity (Wildman–Crippen MR) is 87.3 cm³/mol. The first-order valence-electron chi connectivity index (χ1n) is 8.10. The molecule has 3 atom stereocenters. The van der Waals surface area contributed by atoms with Crippen LogP contribution in [0.25, 0.3) is 0 Å². The minimum Gasteiger partial charge on any atom is -0.384 e. The second kappa shape index (κ2) is 6.72. The maximum absolute atomic E-state index is 13.0. The minimum absolute atomic E-state index is 0.00140. The Hall–Kier alpha value is -1.60. The van der Waals surface area contributed by atoms with Gasteiger partial charge in [-0.05, 0) is 44.8 Å². The molecule has 1 saturated heterocycles. The second-order valence-corrected chi connectivity index (χ2v) is 6.60. The van der Waals surface area contributed by atoms with Crippen molar-refractivity contribution in [2.24, 2.45) is 10.9 Å². The molecule has 1 fully saturated rings. The molecule has 0 radical (unpaired) electrons. The molecule has 3 rings (SSSR count). The summed E-state index contributed by atoms with van der Waals surface area (Å²) in [6, 6.07) is 3.86. The molecular weight excluding hydrogens is 319 g/mol. The van der Waals surface area contributed by atoms with E-state index in [1.54, 1.807) is 0 Å². The summed E-state index contributed by atoms with van der Waals surface area (Å²) < 4.78 is 45.3. The fourth-order valence-corrected chi connectivity index (χ4v) is 3.56. The molecule has 24 heavy (non-hydrogen) atoms. The van der Waals surface area contributed by atoms with Crippen LogP contribution in [-0.2, 0) is 10.9 Å². The van der Waals surface area contributed by atoms with Gasteiger partial charge < -0.3 is 10.1 Å². The van der Waals surface area contributed by atoms with E-state index >= 15 is 0 Å². The van der Waals surface area contributed by atoms with Crippen molar-refractivity contribution in [1.29, 1.82) is 0 Å². The van der Waals surface area contributed by atoms with Crippen molar-refractivity contribution in [2.45, 2.75) is 31.2 Å². The van der Waals surface area contributed by atoms with Crippen LogP contribution in [0, 0.1) is 5.92 Å². The molecule has 1 aromatic rings. The van der Waals surface area contributed by atoms with Gasteiger partial charge in [0.2, 0.25) is 0 Å². The molecule has 2 aliphatic heterocycles. The van der Waals surface area contributed by atoms with Crippen molar-refractivity contribution < 1.29 is 17.9 Å². The average Bonchev–Trinajstić information content (AvgIpc) is 2.53. The molecule has 7 heteroatoms. The zero-order chi connectivity index (χ0) is 17.3. The SMILES string of the molecule is C=NCN(C)CC1CCC2CNc3ccc(C(F)(F)F)cc3C2O1. The van der Waals surface area contributed by atoms with Gasteiger partial charge in [-0.1, -0.05) is 0 Å². The van der Waals surface area contributed by atoms with Crippen LogP contribution >= 0.6 is 0 Å². The summed E-state index contributed by atoms with van der Waals surface area (Å²) in [6.45, 7) is 5.43. The first-order valence-corrected chi connectivity index (χ1v) is 8.10. The van der Waals surface area contributed by atoms with E-state index in [1.165, 1.54) is 12.1 Å². The summed E-state index contributed by atoms with van der Waals surface area (Å²) in [5, 5.41) is 3.24. The number of hydrogen-bond acceptors (Lipinski definition) is 4. The molecule has 0 amide bonds. The molecule has 132 valence electrons. The third kappa shape index (κ3) is 3.57. The number of halogens is 3. The van der Waals surface area contributed by atoms with Crippen LogP contribution in [0.3, 0.4) is 0 Å². The Morgan fingerprint density at radius 1 is 1.38 bits per heavy atom. The summed E-state index contributed by atoms with van der Waals surface area (Å²) in [7, 11) is 1.93. The van der Waals surface area contributed by atoms with Crippen molar-refractivity contribution in [1.82, 2.24) is 4.90 Å². The summed E-state index contributed by atoms with van der Waals surface area (Å²) in [6.07, 6.45) is -2.79. The molecule has 0 spiro atoms. The summed E-state index contributed by atoms with van der Waals surface area (Å²) in [4.78, 5) is 5.85. The van der Waals surface area contributed by atoms with Crippen molar-refractivity contribution in [3.63, 3.8) is 0 Å². The third-order valence-corrected chi connectivity index (χ3v) is 4.72. The molecule has 2 heterocycles. The number of anilines is 1. The van der Waals surface area contributed by atoms with Crippen LogP contribution < -0.4 is 5.32 Å². The predicted octanol–water partition coefficient (Wildman–Crippen LogP) is 3.56. The Labute approximate surface area is 139 Å². The molecule has 2 aliphatic rings. The van der Waals surface area contributed by atoms with Crippen LogP contribution in [0.1, 0.15) is 30.1 Å². The van der Waals surface area contributed by atoms with Gasteiger partial charge in [0.15, 0.2) is 0 Å². The number of ether oxygens (including phenoxy) is 1. The van der Waals surface area contributed by atoms with Crippen molar-refractivity contribution in [3.8, 4) is 0 Å². The Morgan fingerprint density at radius 3 is 2.88 bits per heavy atom. The van der Waals surface area contributed by atoms with Gasteiger partial charge in [0.05, 0.1) is 24.4 Å². The van der Waals surface area contributed by atoms with E-state index in [4.69, 9.17) is 4.74 Å². The first-order chi connectivity index (χ1) is 11.4. The quantitative estimate of drug-likeness (QED) is 0.851. The molecule has 4 nitrogen and oxygen atoms in total. The van der Waals surface area contributed by atoms with Crippen LogP contribution in [-0.4, -0.2) is 44.5 Å². The van der Waals surface area contributed by atoms with Gasteiger partial charge in [-0.3, -0.25) is 9.89 Å². The molecular formula is C17H22F3N3O. The minimum atomic E-state index is -4.34. The van der Waals surface area contributed by atoms with Gasteiger partial charge in [-0.25, -0.2) is 0 Å². The lowest BCUT2D eigenvalue weighted by atomic mass is 9.83. The van der Waals surface area contributed by atoms with Crippen LogP contribution in [0.15, 0.2) is 23.2 Å². The van der Waals surface area contributed by atoms with Gasteiger partial charge >= 0.3 is 6.18 Å². The van der Waals surface area contributed by atoms with E-state index in [9.17, 15) is 13.2 Å². The highest BCUT2D eigenvalue weighted by atomic mass is 19.4. The van der Waals surface area contributed by atoms with Crippen LogP contribution in [0.2, 0.25) is 0 Å². The number of hydrogen-bond donors (Lipinski definition) is 1. The summed E-state index contributed by atoms with van der Waals surface area (Å²) in [5.74, 6) is 0.208. The smallest absolute Gasteiger partial charge is 0.384 e. The van der Waals surface area contributed by atoms with Gasteiger partial charge in [-0.2, -0.15) is 13.2 Å². The highest BCUT2D eigenvalue weighted by Crippen LogP contribution is 2.44. The number of rotatable bonds is 4. The molecule has 0 aliphatic carbocycles. The van der Waals surface area contributed by atoms with Gasteiger partial charge in [0, 0.05) is 30.3 Å². The number of aliphatic imine (C=N–C) groups is 1. The topological polar surface area (TPSA) is 36.9 Å². The van der Waals surface area contributed by atoms with E-state index in [-0.39, 0.29) is 18.1 Å². The molecule has 1 aromatic carbocycles. The maximum atomic E-state index is 13.0. The van der Waals surface area contributed by atoms with Gasteiger partial charge in [0.25, 0.3) is 0 Å². The van der Waals surface area contributed by atoms with E-state index < -0.39 is 11.7 Å². The number of fused-ring (bicyclic) bond motifs is 3. The molecule has 0 bridgehead atoms. The lowest BCUT2D eigenvalue weighted by molar-refractivity contribution is -0.138. The molecule has 0 saturated carbocycles. The van der Waals surface area contributed by atoms with Crippen molar-refractivity contribution in [3.05, 3.63) is 29.3 Å². The zero-order valence-corrected chi connectivity index (χ0v) is 13.6. The lowest BCUT2D eigenvalue weighted by Gasteiger charge is -2.42. The first kappa shape index (κ1) is 17.2. The highest BCUT2D eigenvalue weighted by Gasteiger charge is 2.39. The second-order valence-electron chi connectivity index (χ2n) is 6.60. The molecule has 3 unspecified atom stereocenters. The highest BCUT2D eigenvalue weighted by molar-refractivity contribution is 5.56. The van der Waals surface area contributed by atoms with Crippen molar-refractivity contribution >= 4 is 12.4 Å². The van der Waals surface area contributed by atoms with E-state index in [0.29, 0.717) is 18.8 Å². The average molecular weight is 341 g/mol. The number of benzene rings is 1. The Kier molecular flexibility index (Phi) is 4.83. The van der Waals surface area contributed by atoms with Gasteiger partial charge in [-0.15, -0.1) is 0 Å². The molecule has 0 aromatic heterocycles. The van der Waals surface area contributed by atoms with Crippen LogP contribution in [0.5, 0.6) is 0 Å². The van der Waals surface area contributed by atoms with E-state index in [2.05, 4.69) is 17.0 Å². The summed E-state index contributed by atoms with van der Waals surface area (Å²) in [5.41, 5.74) is 0.740. The fraction of sp³-hybridized carbons (Fsp3) is 0.588. The van der Waals surface area contributed by atoms with Crippen LogP contribution in [0.4, 0.5) is 18.9 Å². The molecule has 1 N–H and O–H groups in total. The number of alkyl halides is 3. The third-order valence-electron chi connectivity index (χ3n) is 4.72. The largest absolute Gasteiger partial charge is 0.416 e. The van der Waals surface area contributed by atoms with Gasteiger partial charge in [0.1, 0.15) is 0 Å². The lowest BCUT2D eigenvalue weighted by Crippen LogP contribution is -2.41. The zero-order valence-electron chi connectivity index (χ0n) is 13.6. The number of likely N-dealkylation sites (N-methyl/N-ethyl adjacent to an activating group) is 1. The fourth-order valence-electron chi connectivity index (χ4n) is 3.56. The van der Waals surface area contributed by atoms with Crippen molar-refractivity contribution in [2.75, 3.05) is 32.1 Å². The number of nitrogens with one attached hydrogen (secondary N) is 1. The Balaban J connectivity index is 1.81. The monoisotopic (exact) mass is 341 g/mol. The maximum Gasteiger partial charge on any atom is 0.416 e. The van der Waals surface area contributed by atoms with E-state index in [0.717, 1.165) is 31.1 Å². The summed E-state index contributed by atoms with van der Waals surface area (Å²) >= 11 is 0. The normalized spacial score (nSPS) is 26.5. The number of nitrogens with zero attached hydrogens (tertiary/aromatic N) is 2. The Morgan fingerprint density at radius 2 is 2.17 bits per heavy atom. The Bertz CT molecular complexity index is 605. The standard InChI is InChI=1S/C17H22F3N3O/c1-21-10-23(2)9-13-5-3-11-8-22-15-6-4-12(17(18,19)20)7-14(15)16(11)24-13/h4,6-7,11,13,16,22H,1,3,5,8-10H2,2H3. The van der Waals surface area contributed by atoms with E-state index in [1.807, 2.05) is 11.9 Å².